The molecule has 0 amide bonds. The van der Waals surface area contributed by atoms with Gasteiger partial charge in [-0.05, 0) is 111 Å². The third-order valence-corrected chi connectivity index (χ3v) is 11.3. The van der Waals surface area contributed by atoms with E-state index in [1.54, 1.807) is 0 Å². The van der Waals surface area contributed by atoms with E-state index in [4.69, 9.17) is 4.98 Å². The van der Waals surface area contributed by atoms with Crippen molar-refractivity contribution in [3.63, 3.8) is 0 Å². The highest BCUT2D eigenvalue weighted by Crippen LogP contribution is 2.51. The molecule has 0 aliphatic heterocycles. The Labute approximate surface area is 313 Å². The molecule has 0 saturated carbocycles. The molecule has 0 bridgehead atoms. The van der Waals surface area contributed by atoms with Crippen molar-refractivity contribution in [2.45, 2.75) is 0 Å². The van der Waals surface area contributed by atoms with Crippen molar-refractivity contribution in [2.24, 2.45) is 0 Å². The van der Waals surface area contributed by atoms with Crippen LogP contribution in [0.2, 0.25) is 0 Å². The molecule has 0 N–H and O–H groups in total. The molecule has 0 spiro atoms. The maximum atomic E-state index is 4.92. The molecule has 11 rings (SSSR count). The van der Waals surface area contributed by atoms with Crippen LogP contribution in [-0.4, -0.2) is 4.98 Å². The van der Waals surface area contributed by atoms with Crippen LogP contribution < -0.4 is 0 Å². The molecule has 1 heteroatoms. The quantitative estimate of drug-likeness (QED) is 0.168. The van der Waals surface area contributed by atoms with Gasteiger partial charge in [0.15, 0.2) is 0 Å². The summed E-state index contributed by atoms with van der Waals surface area (Å²) in [4.78, 5) is 4.92. The minimum Gasteiger partial charge on any atom is -0.256 e. The number of fused-ring (bicyclic) bond motifs is 6. The zero-order valence-corrected chi connectivity index (χ0v) is 29.5. The van der Waals surface area contributed by atoms with Gasteiger partial charge in [0.05, 0.1) is 5.52 Å². The predicted octanol–water partition coefficient (Wildman–Crippen LogP) is 14.7. The first-order valence-corrected chi connectivity index (χ1v) is 18.6. The lowest BCUT2D eigenvalue weighted by Crippen LogP contribution is -1.96. The molecule has 0 saturated heterocycles. The molecular formula is C53H33N. The third kappa shape index (κ3) is 4.62. The second-order valence-electron chi connectivity index (χ2n) is 14.2. The fourth-order valence-corrected chi connectivity index (χ4v) is 8.99. The SMILES string of the molecule is c1ccc(-c2cc3ccccc3cc2-c2c3ccccc3c(-c3c4ccccc4c(-c4cccc5cccnc45)c4ccccc34)c3ccccc23)cc1. The van der Waals surface area contributed by atoms with Gasteiger partial charge >= 0.3 is 0 Å². The van der Waals surface area contributed by atoms with Crippen molar-refractivity contribution < 1.29 is 0 Å². The van der Waals surface area contributed by atoms with Gasteiger partial charge in [-0.2, -0.15) is 0 Å². The van der Waals surface area contributed by atoms with E-state index in [9.17, 15) is 0 Å². The van der Waals surface area contributed by atoms with E-state index in [2.05, 4.69) is 188 Å². The van der Waals surface area contributed by atoms with Gasteiger partial charge in [-0.15, -0.1) is 0 Å². The van der Waals surface area contributed by atoms with Gasteiger partial charge in [-0.1, -0.05) is 176 Å². The maximum Gasteiger partial charge on any atom is 0.0780 e. The Bertz CT molecular complexity index is 3150. The normalized spacial score (nSPS) is 11.7. The Hall–Kier alpha value is -7.09. The molecule has 0 aliphatic carbocycles. The number of rotatable bonds is 4. The zero-order valence-electron chi connectivity index (χ0n) is 29.5. The van der Waals surface area contributed by atoms with E-state index in [0.29, 0.717) is 0 Å². The highest BCUT2D eigenvalue weighted by Gasteiger charge is 2.24. The highest BCUT2D eigenvalue weighted by molar-refractivity contribution is 6.31. The molecule has 0 atom stereocenters. The monoisotopic (exact) mass is 683 g/mol. The van der Waals surface area contributed by atoms with Crippen molar-refractivity contribution >= 4 is 64.8 Å². The average Bonchev–Trinajstić information content (AvgIpc) is 3.24. The summed E-state index contributed by atoms with van der Waals surface area (Å²) in [5, 5.41) is 13.5. The molecule has 1 nitrogen and oxygen atoms in total. The summed E-state index contributed by atoms with van der Waals surface area (Å²) in [5.74, 6) is 0. The van der Waals surface area contributed by atoms with Gasteiger partial charge in [0.2, 0.25) is 0 Å². The average molecular weight is 684 g/mol. The van der Waals surface area contributed by atoms with Gasteiger partial charge < -0.3 is 0 Å². The van der Waals surface area contributed by atoms with Crippen LogP contribution in [0.3, 0.4) is 0 Å². The van der Waals surface area contributed by atoms with Crippen molar-refractivity contribution in [1.29, 1.82) is 0 Å². The Morgan fingerprint density at radius 2 is 0.648 bits per heavy atom. The number of nitrogens with zero attached hydrogens (tertiary/aromatic N) is 1. The summed E-state index contributed by atoms with van der Waals surface area (Å²) >= 11 is 0. The largest absolute Gasteiger partial charge is 0.256 e. The van der Waals surface area contributed by atoms with E-state index in [0.717, 1.165) is 16.5 Å². The van der Waals surface area contributed by atoms with Crippen LogP contribution in [0.15, 0.2) is 200 Å². The Morgan fingerprint density at radius 3 is 1.17 bits per heavy atom. The molecule has 0 aliphatic rings. The minimum atomic E-state index is 1.02. The molecule has 0 unspecified atom stereocenters. The van der Waals surface area contributed by atoms with Crippen LogP contribution in [0.1, 0.15) is 0 Å². The lowest BCUT2D eigenvalue weighted by molar-refractivity contribution is 1.41. The second-order valence-corrected chi connectivity index (χ2v) is 14.2. The van der Waals surface area contributed by atoms with Crippen molar-refractivity contribution in [2.75, 3.05) is 0 Å². The van der Waals surface area contributed by atoms with Crippen LogP contribution in [0, 0.1) is 0 Å². The number of benzene rings is 10. The molecule has 11 aromatic rings. The zero-order chi connectivity index (χ0) is 35.6. The molecule has 10 aromatic carbocycles. The van der Waals surface area contributed by atoms with E-state index < -0.39 is 0 Å². The maximum absolute atomic E-state index is 4.92. The van der Waals surface area contributed by atoms with E-state index in [1.807, 2.05) is 12.3 Å². The van der Waals surface area contributed by atoms with Crippen LogP contribution in [0.4, 0.5) is 0 Å². The fourth-order valence-electron chi connectivity index (χ4n) is 8.99. The Kier molecular flexibility index (Phi) is 6.93. The summed E-state index contributed by atoms with van der Waals surface area (Å²) < 4.78 is 0. The van der Waals surface area contributed by atoms with Gasteiger partial charge in [0, 0.05) is 17.1 Å². The topological polar surface area (TPSA) is 12.9 Å². The predicted molar refractivity (Wildman–Crippen MR) is 231 cm³/mol. The smallest absolute Gasteiger partial charge is 0.0780 e. The lowest BCUT2D eigenvalue weighted by atomic mass is 9.80. The molecule has 250 valence electrons. The summed E-state index contributed by atoms with van der Waals surface area (Å²) in [6.07, 6.45) is 1.91. The Morgan fingerprint density at radius 1 is 0.259 bits per heavy atom. The molecule has 0 radical (unpaired) electrons. The van der Waals surface area contributed by atoms with Crippen molar-refractivity contribution in [1.82, 2.24) is 4.98 Å². The summed E-state index contributed by atoms with van der Waals surface area (Å²) in [6, 6.07) is 71.1. The number of hydrogen-bond donors (Lipinski definition) is 0. The summed E-state index contributed by atoms with van der Waals surface area (Å²) in [7, 11) is 0. The summed E-state index contributed by atoms with van der Waals surface area (Å²) in [6.45, 7) is 0. The molecule has 54 heavy (non-hydrogen) atoms. The van der Waals surface area contributed by atoms with Gasteiger partial charge in [0.1, 0.15) is 0 Å². The van der Waals surface area contributed by atoms with Crippen LogP contribution in [0.25, 0.3) is 109 Å². The van der Waals surface area contributed by atoms with Crippen LogP contribution in [-0.2, 0) is 0 Å². The number of hydrogen-bond acceptors (Lipinski definition) is 1. The molecule has 1 aromatic heterocycles. The first-order chi connectivity index (χ1) is 26.8. The van der Waals surface area contributed by atoms with Gasteiger partial charge in [0.25, 0.3) is 0 Å². The lowest BCUT2D eigenvalue weighted by Gasteiger charge is -2.23. The van der Waals surface area contributed by atoms with Crippen LogP contribution in [0.5, 0.6) is 0 Å². The van der Waals surface area contributed by atoms with E-state index in [1.165, 1.54) is 92.8 Å². The first kappa shape index (κ1) is 30.5. The number of aromatic nitrogens is 1. The van der Waals surface area contributed by atoms with Crippen molar-refractivity contribution in [3.05, 3.63) is 200 Å². The fraction of sp³-hybridized carbons (Fsp3) is 0. The van der Waals surface area contributed by atoms with E-state index in [-0.39, 0.29) is 0 Å². The number of para-hydroxylation sites is 1. The molecule has 0 fully saturated rings. The van der Waals surface area contributed by atoms with Gasteiger partial charge in [-0.3, -0.25) is 4.98 Å². The number of pyridine rings is 1. The second kappa shape index (κ2) is 12.3. The molecule has 1 heterocycles. The first-order valence-electron chi connectivity index (χ1n) is 18.6. The highest BCUT2D eigenvalue weighted by atomic mass is 14.6. The van der Waals surface area contributed by atoms with E-state index >= 15 is 0 Å². The minimum absolute atomic E-state index is 1.02. The Balaban J connectivity index is 1.31. The standard InChI is InChI=1S/C53H33N/c1-2-16-34(17-3-1)47-32-36-18-4-5-19-37(36)33-48(47)50-40-24-8-12-28-44(40)52(45-29-13-9-25-41(45)50)51-42-26-10-6-22-38(42)49(39-23-7-11-27-43(39)51)46-30-14-20-35-21-15-31-54-53(35)46/h1-33H. The summed E-state index contributed by atoms with van der Waals surface area (Å²) in [5.41, 5.74) is 10.9. The van der Waals surface area contributed by atoms with Gasteiger partial charge in [-0.25, -0.2) is 0 Å². The third-order valence-electron chi connectivity index (χ3n) is 11.3. The molecular weight excluding hydrogens is 651 g/mol. The van der Waals surface area contributed by atoms with Crippen molar-refractivity contribution in [3.8, 4) is 44.5 Å². The van der Waals surface area contributed by atoms with Crippen LogP contribution >= 0.6 is 0 Å².